The summed E-state index contributed by atoms with van der Waals surface area (Å²) in [5.74, 6) is 0.183. The standard InChI is InChI=1S/C9H14N2O/c1-2-3-8(10)9-5-4-7(12)6-11-9/h4-6,8,12H,2-3,10H2,1H3/t8-/m1/s1. The van der Waals surface area contributed by atoms with Gasteiger partial charge in [0.2, 0.25) is 0 Å². The molecule has 1 rings (SSSR count). The maximum Gasteiger partial charge on any atom is 0.133 e. The summed E-state index contributed by atoms with van der Waals surface area (Å²) in [7, 11) is 0. The first-order chi connectivity index (χ1) is 5.74. The lowest BCUT2D eigenvalue weighted by molar-refractivity contribution is 0.471. The number of nitrogens with two attached hydrogens (primary N) is 1. The summed E-state index contributed by atoms with van der Waals surface area (Å²) in [5.41, 5.74) is 6.65. The van der Waals surface area contributed by atoms with E-state index in [9.17, 15) is 0 Å². The van der Waals surface area contributed by atoms with Crippen LogP contribution in [0.4, 0.5) is 0 Å². The Hall–Kier alpha value is -1.09. The molecule has 12 heavy (non-hydrogen) atoms. The second kappa shape index (κ2) is 4.07. The van der Waals surface area contributed by atoms with Crippen LogP contribution in [0.15, 0.2) is 18.3 Å². The van der Waals surface area contributed by atoms with Crippen LogP contribution >= 0.6 is 0 Å². The van der Waals surface area contributed by atoms with Crippen molar-refractivity contribution in [3.05, 3.63) is 24.0 Å². The lowest BCUT2D eigenvalue weighted by Crippen LogP contribution is -2.10. The molecule has 0 unspecified atom stereocenters. The number of hydrogen-bond acceptors (Lipinski definition) is 3. The molecule has 0 radical (unpaired) electrons. The van der Waals surface area contributed by atoms with E-state index in [1.165, 1.54) is 6.20 Å². The van der Waals surface area contributed by atoms with Crippen molar-refractivity contribution in [3.63, 3.8) is 0 Å². The Labute approximate surface area is 72.2 Å². The van der Waals surface area contributed by atoms with Crippen molar-refractivity contribution in [3.8, 4) is 5.75 Å². The van der Waals surface area contributed by atoms with E-state index < -0.39 is 0 Å². The van der Waals surface area contributed by atoms with Gasteiger partial charge < -0.3 is 10.8 Å². The van der Waals surface area contributed by atoms with Crippen LogP contribution < -0.4 is 5.73 Å². The summed E-state index contributed by atoms with van der Waals surface area (Å²) in [6.45, 7) is 2.08. The van der Waals surface area contributed by atoms with E-state index in [-0.39, 0.29) is 11.8 Å². The zero-order valence-corrected chi connectivity index (χ0v) is 7.20. The zero-order valence-electron chi connectivity index (χ0n) is 7.20. The van der Waals surface area contributed by atoms with Gasteiger partial charge in [0, 0.05) is 6.04 Å². The van der Waals surface area contributed by atoms with Crippen LogP contribution in [0.2, 0.25) is 0 Å². The van der Waals surface area contributed by atoms with Crippen molar-refractivity contribution in [2.24, 2.45) is 5.73 Å². The van der Waals surface area contributed by atoms with Crippen LogP contribution in [0.25, 0.3) is 0 Å². The van der Waals surface area contributed by atoms with E-state index in [1.807, 2.05) is 0 Å². The number of aromatic nitrogens is 1. The van der Waals surface area contributed by atoms with Gasteiger partial charge in [0.05, 0.1) is 11.9 Å². The van der Waals surface area contributed by atoms with Crippen LogP contribution in [-0.2, 0) is 0 Å². The molecule has 3 N–H and O–H groups in total. The highest BCUT2D eigenvalue weighted by atomic mass is 16.3. The monoisotopic (exact) mass is 166 g/mol. The SMILES string of the molecule is CCC[C@@H](N)c1ccc(O)cn1. The van der Waals surface area contributed by atoms with Gasteiger partial charge in [0.25, 0.3) is 0 Å². The van der Waals surface area contributed by atoms with Crippen LogP contribution in [0.5, 0.6) is 5.75 Å². The predicted molar refractivity (Wildman–Crippen MR) is 47.7 cm³/mol. The van der Waals surface area contributed by atoms with Crippen LogP contribution in [0, 0.1) is 0 Å². The molecule has 0 saturated carbocycles. The third kappa shape index (κ3) is 2.20. The normalized spacial score (nSPS) is 12.8. The second-order valence-corrected chi connectivity index (χ2v) is 2.84. The van der Waals surface area contributed by atoms with E-state index in [0.717, 1.165) is 18.5 Å². The number of nitrogens with zero attached hydrogens (tertiary/aromatic N) is 1. The zero-order chi connectivity index (χ0) is 8.97. The number of pyridine rings is 1. The van der Waals surface area contributed by atoms with Gasteiger partial charge in [0.1, 0.15) is 5.75 Å². The molecule has 0 aliphatic heterocycles. The van der Waals surface area contributed by atoms with Gasteiger partial charge in [-0.15, -0.1) is 0 Å². The summed E-state index contributed by atoms with van der Waals surface area (Å²) < 4.78 is 0. The third-order valence-corrected chi connectivity index (χ3v) is 1.75. The minimum absolute atomic E-state index is 0.00407. The fourth-order valence-electron chi connectivity index (χ4n) is 1.08. The predicted octanol–water partition coefficient (Wildman–Crippen LogP) is 1.59. The summed E-state index contributed by atoms with van der Waals surface area (Å²) in [5, 5.41) is 8.97. The Kier molecular flexibility index (Phi) is 3.05. The van der Waals surface area contributed by atoms with Crippen molar-refractivity contribution in [2.75, 3.05) is 0 Å². The van der Waals surface area contributed by atoms with E-state index in [0.29, 0.717) is 0 Å². The molecule has 1 aromatic heterocycles. The number of aromatic hydroxyl groups is 1. The molecule has 1 aromatic rings. The molecule has 0 aliphatic carbocycles. The first-order valence-corrected chi connectivity index (χ1v) is 4.14. The Morgan fingerprint density at radius 3 is 2.83 bits per heavy atom. The topological polar surface area (TPSA) is 59.1 Å². The van der Waals surface area contributed by atoms with E-state index in [2.05, 4.69) is 11.9 Å². The van der Waals surface area contributed by atoms with Crippen molar-refractivity contribution < 1.29 is 5.11 Å². The Morgan fingerprint density at radius 2 is 2.33 bits per heavy atom. The minimum atomic E-state index is -0.00407. The lowest BCUT2D eigenvalue weighted by atomic mass is 10.1. The molecule has 0 saturated heterocycles. The van der Waals surface area contributed by atoms with Crippen molar-refractivity contribution in [2.45, 2.75) is 25.8 Å². The minimum Gasteiger partial charge on any atom is -0.506 e. The molecule has 66 valence electrons. The van der Waals surface area contributed by atoms with Crippen molar-refractivity contribution in [1.29, 1.82) is 0 Å². The van der Waals surface area contributed by atoms with E-state index in [1.54, 1.807) is 12.1 Å². The highest BCUT2D eigenvalue weighted by Crippen LogP contribution is 2.15. The fourth-order valence-corrected chi connectivity index (χ4v) is 1.08. The number of rotatable bonds is 3. The quantitative estimate of drug-likeness (QED) is 0.716. The average molecular weight is 166 g/mol. The van der Waals surface area contributed by atoms with Gasteiger partial charge >= 0.3 is 0 Å². The summed E-state index contributed by atoms with van der Waals surface area (Å²) >= 11 is 0. The lowest BCUT2D eigenvalue weighted by Gasteiger charge is -2.08. The summed E-state index contributed by atoms with van der Waals surface area (Å²) in [6.07, 6.45) is 3.40. The van der Waals surface area contributed by atoms with Gasteiger partial charge in [-0.1, -0.05) is 13.3 Å². The molecule has 0 aromatic carbocycles. The molecule has 0 amide bonds. The largest absolute Gasteiger partial charge is 0.506 e. The Bertz CT molecular complexity index is 233. The molecular formula is C9H14N2O. The Morgan fingerprint density at radius 1 is 1.58 bits per heavy atom. The average Bonchev–Trinajstić information content (AvgIpc) is 2.06. The first-order valence-electron chi connectivity index (χ1n) is 4.14. The molecule has 1 heterocycles. The van der Waals surface area contributed by atoms with Crippen LogP contribution in [-0.4, -0.2) is 10.1 Å². The molecule has 3 nitrogen and oxygen atoms in total. The summed E-state index contributed by atoms with van der Waals surface area (Å²) in [6, 6.07) is 3.36. The molecule has 0 bridgehead atoms. The van der Waals surface area contributed by atoms with Gasteiger partial charge in [-0.05, 0) is 18.6 Å². The summed E-state index contributed by atoms with van der Waals surface area (Å²) in [4.78, 5) is 4.02. The van der Waals surface area contributed by atoms with Gasteiger partial charge in [-0.25, -0.2) is 0 Å². The molecule has 3 heteroatoms. The maximum absolute atomic E-state index is 8.97. The van der Waals surface area contributed by atoms with Crippen molar-refractivity contribution in [1.82, 2.24) is 4.98 Å². The second-order valence-electron chi connectivity index (χ2n) is 2.84. The third-order valence-electron chi connectivity index (χ3n) is 1.75. The van der Waals surface area contributed by atoms with Gasteiger partial charge in [-0.2, -0.15) is 0 Å². The molecule has 0 aliphatic rings. The fraction of sp³-hybridized carbons (Fsp3) is 0.444. The van der Waals surface area contributed by atoms with E-state index >= 15 is 0 Å². The van der Waals surface area contributed by atoms with Crippen LogP contribution in [0.3, 0.4) is 0 Å². The highest BCUT2D eigenvalue weighted by Gasteiger charge is 2.04. The molecule has 0 fully saturated rings. The smallest absolute Gasteiger partial charge is 0.133 e. The van der Waals surface area contributed by atoms with Gasteiger partial charge in [0.15, 0.2) is 0 Å². The van der Waals surface area contributed by atoms with Crippen molar-refractivity contribution >= 4 is 0 Å². The molecule has 1 atom stereocenters. The van der Waals surface area contributed by atoms with E-state index in [4.69, 9.17) is 10.8 Å². The Balaban J connectivity index is 2.68. The first kappa shape index (κ1) is 9.00. The highest BCUT2D eigenvalue weighted by molar-refractivity contribution is 5.19. The molecule has 0 spiro atoms. The van der Waals surface area contributed by atoms with Gasteiger partial charge in [-0.3, -0.25) is 4.98 Å². The maximum atomic E-state index is 8.97. The van der Waals surface area contributed by atoms with Crippen LogP contribution in [0.1, 0.15) is 31.5 Å². The number of hydrogen-bond donors (Lipinski definition) is 2. The molecular weight excluding hydrogens is 152 g/mol.